The monoisotopic (exact) mass is 279 g/mol. The van der Waals surface area contributed by atoms with Crippen molar-refractivity contribution >= 4 is 17.5 Å². The number of amides is 1. The number of carbonyl (C=O) groups is 3. The van der Waals surface area contributed by atoms with Crippen LogP contribution in [-0.4, -0.2) is 17.5 Å². The number of allylic oxidation sites excluding steroid dienone is 2. The van der Waals surface area contributed by atoms with E-state index in [9.17, 15) is 14.4 Å². The molecular weight excluding hydrogens is 266 g/mol. The zero-order chi connectivity index (χ0) is 15.2. The number of hydrogen-bond donors (Lipinski definition) is 1. The van der Waals surface area contributed by atoms with Gasteiger partial charge < -0.3 is 5.73 Å². The first-order chi connectivity index (χ1) is 10.1. The number of hydrogen-bond acceptors (Lipinski definition) is 3. The first kappa shape index (κ1) is 14.4. The fourth-order valence-electron chi connectivity index (χ4n) is 1.85. The second-order valence-corrected chi connectivity index (χ2v) is 4.34. The lowest BCUT2D eigenvalue weighted by atomic mass is 9.95. The number of fused-ring (bicyclic) bond motifs is 1. The third kappa shape index (κ3) is 3.51. The maximum atomic E-state index is 11.2. The molecule has 2 N–H and O–H groups in total. The molecule has 1 amide bonds. The van der Waals surface area contributed by atoms with Gasteiger partial charge in [-0.15, -0.1) is 0 Å². The number of ketones is 2. The third-order valence-corrected chi connectivity index (χ3v) is 2.90. The van der Waals surface area contributed by atoms with Crippen LogP contribution in [0.15, 0.2) is 66.7 Å². The van der Waals surface area contributed by atoms with Crippen LogP contribution in [-0.2, 0) is 0 Å². The van der Waals surface area contributed by atoms with Gasteiger partial charge in [-0.1, -0.05) is 42.5 Å². The Bertz CT molecular complexity index is 681. The van der Waals surface area contributed by atoms with Crippen molar-refractivity contribution < 1.29 is 14.4 Å². The molecule has 0 bridgehead atoms. The Morgan fingerprint density at radius 2 is 1.14 bits per heavy atom. The summed E-state index contributed by atoms with van der Waals surface area (Å²) in [6.45, 7) is 0. The molecule has 1 aliphatic carbocycles. The van der Waals surface area contributed by atoms with E-state index in [2.05, 4.69) is 0 Å². The average Bonchev–Trinajstić information content (AvgIpc) is 2.53. The summed E-state index contributed by atoms with van der Waals surface area (Å²) < 4.78 is 0. The van der Waals surface area contributed by atoms with Crippen molar-refractivity contribution in [2.24, 2.45) is 5.73 Å². The van der Waals surface area contributed by atoms with Gasteiger partial charge in [0.2, 0.25) is 5.91 Å². The van der Waals surface area contributed by atoms with E-state index < -0.39 is 0 Å². The second-order valence-electron chi connectivity index (χ2n) is 4.34. The summed E-state index contributed by atoms with van der Waals surface area (Å²) in [5.41, 5.74) is 6.54. The Balaban J connectivity index is 0.000000161. The van der Waals surface area contributed by atoms with Crippen molar-refractivity contribution in [2.75, 3.05) is 0 Å². The zero-order valence-electron chi connectivity index (χ0n) is 11.2. The van der Waals surface area contributed by atoms with Gasteiger partial charge in [0, 0.05) is 16.7 Å². The van der Waals surface area contributed by atoms with Crippen molar-refractivity contribution in [1.82, 2.24) is 0 Å². The SMILES string of the molecule is NC(=O)c1ccccc1.O=C1C=CC(=O)c2ccccc21. The maximum Gasteiger partial charge on any atom is 0.248 e. The molecule has 21 heavy (non-hydrogen) atoms. The van der Waals surface area contributed by atoms with Crippen LogP contribution < -0.4 is 5.73 Å². The number of benzene rings is 2. The molecule has 0 aliphatic heterocycles. The lowest BCUT2D eigenvalue weighted by Crippen LogP contribution is -2.10. The fraction of sp³-hybridized carbons (Fsp3) is 0. The molecule has 2 aromatic rings. The quantitative estimate of drug-likeness (QED) is 0.870. The number of primary amides is 1. The summed E-state index contributed by atoms with van der Waals surface area (Å²) in [5.74, 6) is -0.564. The predicted octanol–water partition coefficient (Wildman–Crippen LogP) is 2.41. The van der Waals surface area contributed by atoms with E-state index in [0.717, 1.165) is 0 Å². The van der Waals surface area contributed by atoms with Gasteiger partial charge in [-0.3, -0.25) is 14.4 Å². The average molecular weight is 279 g/mol. The minimum atomic E-state index is -0.379. The number of rotatable bonds is 1. The van der Waals surface area contributed by atoms with E-state index in [1.807, 2.05) is 6.07 Å². The van der Waals surface area contributed by atoms with E-state index in [1.54, 1.807) is 48.5 Å². The lowest BCUT2D eigenvalue weighted by molar-refractivity contribution is 0.0994. The zero-order valence-corrected chi connectivity index (χ0v) is 11.2. The summed E-state index contributed by atoms with van der Waals surface area (Å²) in [6.07, 6.45) is 2.62. The minimum absolute atomic E-state index is 0.0924. The van der Waals surface area contributed by atoms with Crippen LogP contribution in [0, 0.1) is 0 Å². The standard InChI is InChI=1S/C10H6O2.C7H7NO/c11-9-5-6-10(12)8-4-2-1-3-7(8)9;8-7(9)6-4-2-1-3-5-6/h1-6H;1-5H,(H2,8,9). The van der Waals surface area contributed by atoms with E-state index in [-0.39, 0.29) is 17.5 Å². The van der Waals surface area contributed by atoms with Crippen LogP contribution in [0.5, 0.6) is 0 Å². The first-order valence-electron chi connectivity index (χ1n) is 6.30. The summed E-state index contributed by atoms with van der Waals surface area (Å²) in [4.78, 5) is 32.8. The molecule has 0 atom stereocenters. The Morgan fingerprint density at radius 1 is 0.714 bits per heavy atom. The van der Waals surface area contributed by atoms with Gasteiger partial charge in [0.1, 0.15) is 0 Å². The molecule has 0 unspecified atom stereocenters. The first-order valence-corrected chi connectivity index (χ1v) is 6.30. The number of carbonyl (C=O) groups excluding carboxylic acids is 3. The Hall–Kier alpha value is -3.01. The third-order valence-electron chi connectivity index (χ3n) is 2.90. The largest absolute Gasteiger partial charge is 0.366 e. The molecule has 4 nitrogen and oxygen atoms in total. The molecule has 0 fully saturated rings. The molecule has 104 valence electrons. The van der Waals surface area contributed by atoms with Gasteiger partial charge in [-0.25, -0.2) is 0 Å². The van der Waals surface area contributed by atoms with Crippen LogP contribution in [0.4, 0.5) is 0 Å². The van der Waals surface area contributed by atoms with Gasteiger partial charge in [0.05, 0.1) is 0 Å². The number of nitrogens with two attached hydrogens (primary N) is 1. The van der Waals surface area contributed by atoms with Crippen molar-refractivity contribution in [1.29, 1.82) is 0 Å². The van der Waals surface area contributed by atoms with Crippen LogP contribution in [0.3, 0.4) is 0 Å². The predicted molar refractivity (Wildman–Crippen MR) is 79.2 cm³/mol. The molecule has 0 radical (unpaired) electrons. The van der Waals surface area contributed by atoms with Crippen molar-refractivity contribution in [3.63, 3.8) is 0 Å². The Morgan fingerprint density at radius 3 is 1.52 bits per heavy atom. The molecular formula is C17H13NO3. The topological polar surface area (TPSA) is 77.2 Å². The van der Waals surface area contributed by atoms with Crippen molar-refractivity contribution in [3.8, 4) is 0 Å². The Kier molecular flexibility index (Phi) is 4.41. The minimum Gasteiger partial charge on any atom is -0.366 e. The van der Waals surface area contributed by atoms with Gasteiger partial charge in [-0.2, -0.15) is 0 Å². The smallest absolute Gasteiger partial charge is 0.248 e. The molecule has 0 saturated heterocycles. The van der Waals surface area contributed by atoms with E-state index in [0.29, 0.717) is 16.7 Å². The highest BCUT2D eigenvalue weighted by Gasteiger charge is 2.16. The van der Waals surface area contributed by atoms with Gasteiger partial charge in [-0.05, 0) is 24.3 Å². The second kappa shape index (κ2) is 6.43. The Labute approximate surface area is 121 Å². The van der Waals surface area contributed by atoms with Gasteiger partial charge >= 0.3 is 0 Å². The van der Waals surface area contributed by atoms with Gasteiger partial charge in [0.15, 0.2) is 11.6 Å². The van der Waals surface area contributed by atoms with E-state index in [1.165, 1.54) is 12.2 Å². The molecule has 0 heterocycles. The normalized spacial score (nSPS) is 12.2. The maximum absolute atomic E-state index is 11.2. The van der Waals surface area contributed by atoms with Crippen LogP contribution in [0.1, 0.15) is 31.1 Å². The molecule has 3 rings (SSSR count). The van der Waals surface area contributed by atoms with E-state index >= 15 is 0 Å². The molecule has 0 saturated carbocycles. The molecule has 0 aromatic heterocycles. The van der Waals surface area contributed by atoms with E-state index in [4.69, 9.17) is 5.73 Å². The van der Waals surface area contributed by atoms with Gasteiger partial charge in [0.25, 0.3) is 0 Å². The summed E-state index contributed by atoms with van der Waals surface area (Å²) in [5, 5.41) is 0. The fourth-order valence-corrected chi connectivity index (χ4v) is 1.85. The summed E-state index contributed by atoms with van der Waals surface area (Å²) in [6, 6.07) is 15.6. The van der Waals surface area contributed by atoms with Crippen molar-refractivity contribution in [2.45, 2.75) is 0 Å². The van der Waals surface area contributed by atoms with Crippen LogP contribution >= 0.6 is 0 Å². The molecule has 4 heteroatoms. The summed E-state index contributed by atoms with van der Waals surface area (Å²) >= 11 is 0. The lowest BCUT2D eigenvalue weighted by Gasteiger charge is -2.06. The molecule has 2 aromatic carbocycles. The summed E-state index contributed by atoms with van der Waals surface area (Å²) in [7, 11) is 0. The highest BCUT2D eigenvalue weighted by atomic mass is 16.1. The van der Waals surface area contributed by atoms with Crippen molar-refractivity contribution in [3.05, 3.63) is 83.4 Å². The highest BCUT2D eigenvalue weighted by molar-refractivity contribution is 6.21. The molecule has 1 aliphatic rings. The highest BCUT2D eigenvalue weighted by Crippen LogP contribution is 2.15. The molecule has 0 spiro atoms. The van der Waals surface area contributed by atoms with Crippen LogP contribution in [0.2, 0.25) is 0 Å². The van der Waals surface area contributed by atoms with Crippen LogP contribution in [0.25, 0.3) is 0 Å².